The van der Waals surface area contributed by atoms with E-state index in [9.17, 15) is 0 Å². The molecule has 0 aliphatic carbocycles. The van der Waals surface area contributed by atoms with Crippen molar-refractivity contribution in [2.24, 2.45) is 5.10 Å². The van der Waals surface area contributed by atoms with Crippen LogP contribution in [0.4, 0.5) is 17.3 Å². The molecule has 2 N–H and O–H groups in total. The van der Waals surface area contributed by atoms with E-state index in [0.717, 1.165) is 28.1 Å². The number of rotatable bonds is 5. The Morgan fingerprint density at radius 3 is 2.63 bits per heavy atom. The Kier molecular flexibility index (Phi) is 4.36. The average molecular weight is 403 g/mol. The Bertz CT molecular complexity index is 1270. The lowest BCUT2D eigenvalue weighted by Gasteiger charge is -2.12. The fourth-order valence-corrected chi connectivity index (χ4v) is 2.98. The van der Waals surface area contributed by atoms with E-state index < -0.39 is 0 Å². The first-order chi connectivity index (χ1) is 14.7. The van der Waals surface area contributed by atoms with Gasteiger partial charge >= 0.3 is 0 Å². The molecule has 0 bridgehead atoms. The summed E-state index contributed by atoms with van der Waals surface area (Å²) in [5, 5.41) is 15.1. The number of ether oxygens (including phenoxy) is 2. The van der Waals surface area contributed by atoms with Crippen LogP contribution in [-0.2, 0) is 0 Å². The topological polar surface area (TPSA) is 120 Å². The largest absolute Gasteiger partial charge is 0.454 e. The lowest BCUT2D eigenvalue weighted by molar-refractivity contribution is 0.174. The number of nitrogens with one attached hydrogen (secondary N) is 2. The Labute approximate surface area is 170 Å². The van der Waals surface area contributed by atoms with Crippen molar-refractivity contribution >= 4 is 34.8 Å². The molecule has 0 radical (unpaired) electrons. The first kappa shape index (κ1) is 17.9. The highest BCUT2D eigenvalue weighted by Gasteiger charge is 2.15. The zero-order valence-corrected chi connectivity index (χ0v) is 16.2. The van der Waals surface area contributed by atoms with Crippen LogP contribution in [0.2, 0.25) is 0 Å². The van der Waals surface area contributed by atoms with E-state index in [2.05, 4.69) is 36.1 Å². The third-order valence-corrected chi connectivity index (χ3v) is 4.75. The second-order valence-electron chi connectivity index (χ2n) is 6.69. The van der Waals surface area contributed by atoms with Gasteiger partial charge in [-0.25, -0.2) is 9.61 Å². The van der Waals surface area contributed by atoms with Crippen molar-refractivity contribution < 1.29 is 14.1 Å². The second-order valence-corrected chi connectivity index (χ2v) is 6.69. The summed E-state index contributed by atoms with van der Waals surface area (Å²) in [7, 11) is 0. The molecular formula is C20H17N7O3. The van der Waals surface area contributed by atoms with Crippen molar-refractivity contribution in [3.05, 3.63) is 53.1 Å². The molecule has 0 atom stereocenters. The van der Waals surface area contributed by atoms with E-state index in [-0.39, 0.29) is 12.4 Å². The fourth-order valence-electron chi connectivity index (χ4n) is 2.98. The van der Waals surface area contributed by atoms with Crippen LogP contribution in [0.15, 0.2) is 46.1 Å². The van der Waals surface area contributed by atoms with Crippen LogP contribution in [0.1, 0.15) is 16.7 Å². The predicted molar refractivity (Wildman–Crippen MR) is 110 cm³/mol. The van der Waals surface area contributed by atoms with E-state index >= 15 is 0 Å². The maximum absolute atomic E-state index is 5.39. The van der Waals surface area contributed by atoms with Gasteiger partial charge in [0.25, 0.3) is 0 Å². The van der Waals surface area contributed by atoms with Gasteiger partial charge in [-0.15, -0.1) is 0 Å². The van der Waals surface area contributed by atoms with E-state index in [4.69, 9.17) is 14.1 Å². The summed E-state index contributed by atoms with van der Waals surface area (Å²) in [6, 6.07) is 11.5. The predicted octanol–water partition coefficient (Wildman–Crippen LogP) is 3.55. The molecule has 0 saturated heterocycles. The Hall–Kier alpha value is -4.21. The fraction of sp³-hybridized carbons (Fsp3) is 0.150. The van der Waals surface area contributed by atoms with Gasteiger partial charge in [0.1, 0.15) is 0 Å². The molecule has 10 heteroatoms. The van der Waals surface area contributed by atoms with Crippen LogP contribution in [0, 0.1) is 13.8 Å². The van der Waals surface area contributed by atoms with Gasteiger partial charge in [-0.2, -0.15) is 10.1 Å². The highest BCUT2D eigenvalue weighted by atomic mass is 16.7. The third-order valence-electron chi connectivity index (χ3n) is 4.75. The van der Waals surface area contributed by atoms with Gasteiger partial charge in [0, 0.05) is 5.69 Å². The van der Waals surface area contributed by atoms with E-state index in [1.807, 2.05) is 50.2 Å². The molecular weight excluding hydrogens is 386 g/mol. The maximum atomic E-state index is 5.39. The molecule has 4 aromatic rings. The first-order valence-corrected chi connectivity index (χ1v) is 9.19. The Morgan fingerprint density at radius 2 is 1.77 bits per heavy atom. The summed E-state index contributed by atoms with van der Waals surface area (Å²) < 4.78 is 15.4. The van der Waals surface area contributed by atoms with Gasteiger partial charge in [-0.05, 0) is 65.1 Å². The smallest absolute Gasteiger partial charge is 0.245 e. The molecule has 0 saturated carbocycles. The molecule has 0 spiro atoms. The minimum Gasteiger partial charge on any atom is -0.454 e. The van der Waals surface area contributed by atoms with Crippen molar-refractivity contribution in [1.82, 2.24) is 20.3 Å². The number of aromatic nitrogens is 4. The number of nitrogens with zero attached hydrogens (tertiary/aromatic N) is 5. The third kappa shape index (κ3) is 3.34. The Balaban J connectivity index is 1.44. The van der Waals surface area contributed by atoms with Gasteiger partial charge in [-0.3, -0.25) is 5.43 Å². The van der Waals surface area contributed by atoms with Gasteiger partial charge in [-0.1, -0.05) is 12.1 Å². The SMILES string of the molecule is Cc1cccc(Nc2nc3nonc3nc2N/N=C\c2ccc3c(c2)OCO3)c1C. The van der Waals surface area contributed by atoms with Gasteiger partial charge in [0.15, 0.2) is 23.1 Å². The number of hydrogen-bond acceptors (Lipinski definition) is 10. The lowest BCUT2D eigenvalue weighted by atomic mass is 10.1. The number of hydrogen-bond donors (Lipinski definition) is 2. The maximum Gasteiger partial charge on any atom is 0.245 e. The van der Waals surface area contributed by atoms with Crippen molar-refractivity contribution in [2.75, 3.05) is 17.5 Å². The number of fused-ring (bicyclic) bond motifs is 2. The summed E-state index contributed by atoms with van der Waals surface area (Å²) in [5.41, 5.74) is 7.51. The number of benzene rings is 2. The van der Waals surface area contributed by atoms with E-state index in [1.165, 1.54) is 0 Å². The molecule has 1 aliphatic rings. The number of hydrazone groups is 1. The number of anilines is 3. The molecule has 2 aromatic carbocycles. The van der Waals surface area contributed by atoms with Gasteiger partial charge < -0.3 is 14.8 Å². The van der Waals surface area contributed by atoms with Gasteiger partial charge in [0.2, 0.25) is 18.1 Å². The monoisotopic (exact) mass is 403 g/mol. The van der Waals surface area contributed by atoms with Crippen molar-refractivity contribution in [3.63, 3.8) is 0 Å². The minimum atomic E-state index is 0.225. The summed E-state index contributed by atoms with van der Waals surface area (Å²) in [6.45, 7) is 4.31. The lowest BCUT2D eigenvalue weighted by Crippen LogP contribution is -2.04. The molecule has 2 aromatic heterocycles. The summed E-state index contributed by atoms with van der Waals surface area (Å²) >= 11 is 0. The molecule has 5 rings (SSSR count). The standard InChI is InChI=1S/C20H17N7O3/c1-11-4-3-5-14(12(11)2)22-17-18(24-20-19(23-17)26-30-27-20)25-21-9-13-6-7-15-16(8-13)29-10-28-15/h3-9H,10H2,1-2H3,(H,22,23,26)(H,24,25,27)/b21-9-. The van der Waals surface area contributed by atoms with Crippen LogP contribution in [0.5, 0.6) is 11.5 Å². The average Bonchev–Trinajstić information content (AvgIpc) is 3.40. The molecule has 3 heterocycles. The molecule has 0 unspecified atom stereocenters. The molecule has 0 fully saturated rings. The van der Waals surface area contributed by atoms with Crippen LogP contribution >= 0.6 is 0 Å². The number of aryl methyl sites for hydroxylation is 1. The molecule has 10 nitrogen and oxygen atoms in total. The van der Waals surface area contributed by atoms with Crippen molar-refractivity contribution in [2.45, 2.75) is 13.8 Å². The van der Waals surface area contributed by atoms with Crippen molar-refractivity contribution in [3.8, 4) is 11.5 Å². The first-order valence-electron chi connectivity index (χ1n) is 9.19. The Morgan fingerprint density at radius 1 is 0.967 bits per heavy atom. The van der Waals surface area contributed by atoms with Crippen molar-refractivity contribution in [1.29, 1.82) is 0 Å². The summed E-state index contributed by atoms with van der Waals surface area (Å²) in [6.07, 6.45) is 1.65. The summed E-state index contributed by atoms with van der Waals surface area (Å²) in [5.74, 6) is 2.24. The van der Waals surface area contributed by atoms with Crippen LogP contribution in [-0.4, -0.2) is 33.3 Å². The summed E-state index contributed by atoms with van der Waals surface area (Å²) in [4.78, 5) is 8.87. The highest BCUT2D eigenvalue weighted by Crippen LogP contribution is 2.32. The molecule has 30 heavy (non-hydrogen) atoms. The zero-order valence-electron chi connectivity index (χ0n) is 16.2. The molecule has 0 amide bonds. The van der Waals surface area contributed by atoms with E-state index in [1.54, 1.807) is 6.21 Å². The second kappa shape index (κ2) is 7.32. The molecule has 1 aliphatic heterocycles. The van der Waals surface area contributed by atoms with Crippen LogP contribution in [0.3, 0.4) is 0 Å². The normalized spacial score (nSPS) is 12.6. The zero-order chi connectivity index (χ0) is 20.5. The molecule has 150 valence electrons. The van der Waals surface area contributed by atoms with Gasteiger partial charge in [0.05, 0.1) is 6.21 Å². The minimum absolute atomic E-state index is 0.225. The highest BCUT2D eigenvalue weighted by molar-refractivity contribution is 5.83. The van der Waals surface area contributed by atoms with Crippen LogP contribution < -0.4 is 20.2 Å². The quantitative estimate of drug-likeness (QED) is 0.381. The van der Waals surface area contributed by atoms with Crippen LogP contribution in [0.25, 0.3) is 11.3 Å². The van der Waals surface area contributed by atoms with E-state index in [0.29, 0.717) is 23.0 Å².